The Kier molecular flexibility index (Phi) is 2.05. The smallest absolute Gasteiger partial charge is 0.307 e. The molecule has 1 aliphatic heterocycles. The number of nitrogens with one attached hydrogen (secondary N) is 1. The average Bonchev–Trinajstić information content (AvgIpc) is 2.64. The van der Waals surface area contributed by atoms with E-state index in [1.165, 1.54) is 26.4 Å². The van der Waals surface area contributed by atoms with Crippen molar-refractivity contribution in [1.29, 1.82) is 0 Å². The Hall–Kier alpha value is -0.570. The Morgan fingerprint density at radius 2 is 2.42 bits per heavy atom. The summed E-state index contributed by atoms with van der Waals surface area (Å²) in [5.41, 5.74) is 0. The number of carbonyl (C=O) groups is 1. The molecule has 1 heterocycles. The molecular weight excluding hydrogens is 154 g/mol. The van der Waals surface area contributed by atoms with Crippen molar-refractivity contribution < 1.29 is 9.53 Å². The lowest BCUT2D eigenvalue weighted by molar-refractivity contribution is -0.141. The summed E-state index contributed by atoms with van der Waals surface area (Å²) < 4.78 is 4.64. The molecule has 1 N–H and O–H groups in total. The second-order valence-electron chi connectivity index (χ2n) is 3.82. The fraction of sp³-hybridized carbons (Fsp3) is 0.889. The van der Waals surface area contributed by atoms with Crippen molar-refractivity contribution in [3.05, 3.63) is 0 Å². The lowest BCUT2D eigenvalue weighted by atomic mass is 9.97. The molecule has 0 unspecified atom stereocenters. The summed E-state index contributed by atoms with van der Waals surface area (Å²) in [6.45, 7) is 0. The number of methoxy groups -OCH3 is 1. The Balaban J connectivity index is 1.86. The van der Waals surface area contributed by atoms with E-state index in [1.54, 1.807) is 0 Å². The summed E-state index contributed by atoms with van der Waals surface area (Å²) in [7, 11) is 1.45. The highest BCUT2D eigenvalue weighted by atomic mass is 16.5. The quantitative estimate of drug-likeness (QED) is 0.618. The van der Waals surface area contributed by atoms with Gasteiger partial charge >= 0.3 is 5.97 Å². The number of carbonyl (C=O) groups excluding carboxylic acids is 1. The molecule has 0 amide bonds. The van der Waals surface area contributed by atoms with Crippen molar-refractivity contribution in [3.63, 3.8) is 0 Å². The van der Waals surface area contributed by atoms with Gasteiger partial charge in [0, 0.05) is 12.1 Å². The van der Waals surface area contributed by atoms with Gasteiger partial charge in [0.25, 0.3) is 0 Å². The molecule has 0 aromatic carbocycles. The van der Waals surface area contributed by atoms with Crippen LogP contribution in [0.25, 0.3) is 0 Å². The van der Waals surface area contributed by atoms with Crippen LogP contribution in [0.1, 0.15) is 25.7 Å². The van der Waals surface area contributed by atoms with Crippen LogP contribution in [-0.2, 0) is 9.53 Å². The van der Waals surface area contributed by atoms with Crippen molar-refractivity contribution in [1.82, 2.24) is 5.32 Å². The van der Waals surface area contributed by atoms with E-state index < -0.39 is 0 Å². The van der Waals surface area contributed by atoms with Gasteiger partial charge in [-0.05, 0) is 25.2 Å². The average molecular weight is 169 g/mol. The van der Waals surface area contributed by atoms with Crippen molar-refractivity contribution in [2.24, 2.45) is 5.92 Å². The Morgan fingerprint density at radius 3 is 2.92 bits per heavy atom. The number of piperidine rings is 1. The van der Waals surface area contributed by atoms with Gasteiger partial charge < -0.3 is 10.1 Å². The van der Waals surface area contributed by atoms with Crippen LogP contribution in [0.4, 0.5) is 0 Å². The molecule has 2 rings (SSSR count). The van der Waals surface area contributed by atoms with E-state index in [0.717, 1.165) is 5.92 Å². The SMILES string of the molecule is COC(=O)C[C@H]1N[C@@H]2CC[C@H]1C2. The van der Waals surface area contributed by atoms with Crippen molar-refractivity contribution in [2.75, 3.05) is 7.11 Å². The highest BCUT2D eigenvalue weighted by Crippen LogP contribution is 2.36. The molecule has 3 nitrogen and oxygen atoms in total. The second kappa shape index (κ2) is 3.05. The zero-order valence-corrected chi connectivity index (χ0v) is 7.38. The molecule has 12 heavy (non-hydrogen) atoms. The van der Waals surface area contributed by atoms with Gasteiger partial charge in [0.1, 0.15) is 0 Å². The number of ether oxygens (including phenoxy) is 1. The molecule has 2 bridgehead atoms. The molecule has 1 saturated heterocycles. The third-order valence-electron chi connectivity index (χ3n) is 3.11. The van der Waals surface area contributed by atoms with Gasteiger partial charge in [0.15, 0.2) is 0 Å². The minimum atomic E-state index is -0.0833. The van der Waals surface area contributed by atoms with Crippen LogP contribution in [0.3, 0.4) is 0 Å². The van der Waals surface area contributed by atoms with Gasteiger partial charge in [0.2, 0.25) is 0 Å². The fourth-order valence-electron chi connectivity index (χ4n) is 2.46. The molecule has 3 atom stereocenters. The number of esters is 1. The lowest BCUT2D eigenvalue weighted by Crippen LogP contribution is -2.37. The van der Waals surface area contributed by atoms with E-state index in [9.17, 15) is 4.79 Å². The predicted octanol–water partition coefficient (Wildman–Crippen LogP) is 0.690. The van der Waals surface area contributed by atoms with E-state index >= 15 is 0 Å². The van der Waals surface area contributed by atoms with Crippen LogP contribution in [0, 0.1) is 5.92 Å². The molecule has 1 aliphatic carbocycles. The van der Waals surface area contributed by atoms with Crippen molar-refractivity contribution >= 4 is 5.97 Å². The van der Waals surface area contributed by atoms with E-state index in [2.05, 4.69) is 10.1 Å². The zero-order valence-electron chi connectivity index (χ0n) is 7.38. The highest BCUT2D eigenvalue weighted by molar-refractivity contribution is 5.70. The summed E-state index contributed by atoms with van der Waals surface area (Å²) >= 11 is 0. The number of hydrogen-bond acceptors (Lipinski definition) is 3. The summed E-state index contributed by atoms with van der Waals surface area (Å²) in [5.74, 6) is 0.647. The predicted molar refractivity (Wildman–Crippen MR) is 44.7 cm³/mol. The van der Waals surface area contributed by atoms with Gasteiger partial charge in [-0.2, -0.15) is 0 Å². The standard InChI is InChI=1S/C9H15NO2/c1-12-9(11)5-8-6-2-3-7(4-6)10-8/h6-8,10H,2-5H2,1H3/t6-,7+,8+/m0/s1. The van der Waals surface area contributed by atoms with Crippen molar-refractivity contribution in [2.45, 2.75) is 37.8 Å². The molecule has 0 radical (unpaired) electrons. The number of fused-ring (bicyclic) bond motifs is 2. The molecule has 0 spiro atoms. The summed E-state index contributed by atoms with van der Waals surface area (Å²) in [6.07, 6.45) is 4.40. The molecule has 68 valence electrons. The topological polar surface area (TPSA) is 38.3 Å². The van der Waals surface area contributed by atoms with Gasteiger partial charge in [0.05, 0.1) is 13.5 Å². The minimum Gasteiger partial charge on any atom is -0.469 e. The van der Waals surface area contributed by atoms with Gasteiger partial charge in [-0.15, -0.1) is 0 Å². The van der Waals surface area contributed by atoms with E-state index in [0.29, 0.717) is 18.5 Å². The molecule has 1 saturated carbocycles. The van der Waals surface area contributed by atoms with Crippen LogP contribution < -0.4 is 5.32 Å². The first kappa shape index (κ1) is 8.05. The Labute approximate surface area is 72.5 Å². The van der Waals surface area contributed by atoms with E-state index in [4.69, 9.17) is 0 Å². The summed E-state index contributed by atoms with van der Waals surface area (Å²) in [4.78, 5) is 11.0. The normalized spacial score (nSPS) is 38.6. The maximum Gasteiger partial charge on any atom is 0.307 e. The molecule has 3 heteroatoms. The van der Waals surface area contributed by atoms with E-state index in [-0.39, 0.29) is 5.97 Å². The first-order valence-corrected chi connectivity index (χ1v) is 4.62. The van der Waals surface area contributed by atoms with Gasteiger partial charge in [-0.1, -0.05) is 0 Å². The highest BCUT2D eigenvalue weighted by Gasteiger charge is 2.39. The van der Waals surface area contributed by atoms with Crippen LogP contribution >= 0.6 is 0 Å². The third-order valence-corrected chi connectivity index (χ3v) is 3.11. The van der Waals surface area contributed by atoms with Crippen LogP contribution in [0.2, 0.25) is 0 Å². The van der Waals surface area contributed by atoms with Gasteiger partial charge in [-0.25, -0.2) is 0 Å². The van der Waals surface area contributed by atoms with E-state index in [1.807, 2.05) is 0 Å². The third kappa shape index (κ3) is 1.33. The number of rotatable bonds is 2. The number of hydrogen-bond donors (Lipinski definition) is 1. The first-order chi connectivity index (χ1) is 5.79. The lowest BCUT2D eigenvalue weighted by Gasteiger charge is -2.21. The second-order valence-corrected chi connectivity index (χ2v) is 3.82. The molecule has 2 fully saturated rings. The zero-order chi connectivity index (χ0) is 8.55. The monoisotopic (exact) mass is 169 g/mol. The molecule has 2 aliphatic rings. The van der Waals surface area contributed by atoms with Crippen LogP contribution in [0.15, 0.2) is 0 Å². The molecule has 0 aromatic heterocycles. The Morgan fingerprint density at radius 1 is 1.58 bits per heavy atom. The summed E-state index contributed by atoms with van der Waals surface area (Å²) in [6, 6.07) is 1.08. The first-order valence-electron chi connectivity index (χ1n) is 4.62. The van der Waals surface area contributed by atoms with Crippen LogP contribution in [0.5, 0.6) is 0 Å². The maximum atomic E-state index is 11.0. The van der Waals surface area contributed by atoms with Crippen LogP contribution in [-0.4, -0.2) is 25.2 Å². The Bertz CT molecular complexity index is 193. The maximum absolute atomic E-state index is 11.0. The summed E-state index contributed by atoms with van der Waals surface area (Å²) in [5, 5.41) is 3.45. The largest absolute Gasteiger partial charge is 0.469 e. The fourth-order valence-corrected chi connectivity index (χ4v) is 2.46. The van der Waals surface area contributed by atoms with Crippen molar-refractivity contribution in [3.8, 4) is 0 Å². The minimum absolute atomic E-state index is 0.0833. The van der Waals surface area contributed by atoms with Gasteiger partial charge in [-0.3, -0.25) is 4.79 Å². The molecular formula is C9H15NO2. The molecule has 0 aromatic rings.